The standard InChI is InChI=1S/C80H56N6/c81-57-75-77(59-41-49-71(50-42-59)83(63-25-9-1-10-26-63)64-27-11-2-12-28-64)78(60-43-51-72(52-44-60)84(65-29-13-3-14-30-65)66-31-15-4-16-32-66)76(58-82)80(62-47-55-74(56-48-62)86(69-37-21-7-22-38-69)70-39-23-8-24-40-70)79(75)61-45-53-73(54-46-61)85(67-33-17-5-18-34-67)68-35-19-6-20-36-68/h1-56H. The fourth-order valence-corrected chi connectivity index (χ4v) is 11.6. The van der Waals surface area contributed by atoms with E-state index in [0.29, 0.717) is 33.4 Å². The topological polar surface area (TPSA) is 60.5 Å². The summed E-state index contributed by atoms with van der Waals surface area (Å²) in [5.74, 6) is 0. The summed E-state index contributed by atoms with van der Waals surface area (Å²) in [5.41, 5.74) is 18.5. The van der Waals surface area contributed by atoms with E-state index in [0.717, 1.165) is 90.5 Å². The van der Waals surface area contributed by atoms with Crippen LogP contribution in [0.5, 0.6) is 0 Å². The van der Waals surface area contributed by atoms with E-state index in [9.17, 15) is 10.5 Å². The van der Waals surface area contributed by atoms with Crippen molar-refractivity contribution >= 4 is 68.2 Å². The van der Waals surface area contributed by atoms with Gasteiger partial charge in [0.25, 0.3) is 0 Å². The number of rotatable bonds is 16. The summed E-state index contributed by atoms with van der Waals surface area (Å²) in [4.78, 5) is 8.91. The number of nitrogens with zero attached hydrogens (tertiary/aromatic N) is 6. The second-order valence-electron chi connectivity index (χ2n) is 20.7. The molecular formula is C80H56N6. The molecule has 0 unspecified atom stereocenters. The van der Waals surface area contributed by atoms with Crippen LogP contribution in [0, 0.1) is 22.7 Å². The van der Waals surface area contributed by atoms with Crippen LogP contribution in [0.4, 0.5) is 68.2 Å². The molecule has 0 saturated carbocycles. The number of anilines is 12. The minimum absolute atomic E-state index is 0.444. The molecule has 6 heteroatoms. The van der Waals surface area contributed by atoms with E-state index < -0.39 is 0 Å². The van der Waals surface area contributed by atoms with Crippen LogP contribution < -0.4 is 19.6 Å². The van der Waals surface area contributed by atoms with E-state index >= 15 is 0 Å². The Balaban J connectivity index is 1.06. The number of hydrogen-bond donors (Lipinski definition) is 0. The van der Waals surface area contributed by atoms with Gasteiger partial charge in [-0.25, -0.2) is 0 Å². The van der Waals surface area contributed by atoms with Crippen molar-refractivity contribution in [2.45, 2.75) is 0 Å². The first-order valence-electron chi connectivity index (χ1n) is 28.7. The minimum Gasteiger partial charge on any atom is -0.311 e. The second kappa shape index (κ2) is 24.6. The lowest BCUT2D eigenvalue weighted by atomic mass is 9.78. The van der Waals surface area contributed by atoms with Crippen molar-refractivity contribution in [2.75, 3.05) is 19.6 Å². The van der Waals surface area contributed by atoms with Crippen molar-refractivity contribution in [1.29, 1.82) is 10.5 Å². The highest BCUT2D eigenvalue weighted by Crippen LogP contribution is 2.51. The summed E-state index contributed by atoms with van der Waals surface area (Å²) in [6.07, 6.45) is 0. The molecule has 0 N–H and O–H groups in total. The summed E-state index contributed by atoms with van der Waals surface area (Å²) in [6.45, 7) is 0. The quantitative estimate of drug-likeness (QED) is 0.0961. The summed E-state index contributed by atoms with van der Waals surface area (Å²) in [5, 5.41) is 24.4. The largest absolute Gasteiger partial charge is 0.311 e. The highest BCUT2D eigenvalue weighted by atomic mass is 15.2. The van der Waals surface area contributed by atoms with Crippen LogP contribution in [-0.2, 0) is 0 Å². The lowest BCUT2D eigenvalue weighted by Crippen LogP contribution is -2.10. The number of hydrogen-bond acceptors (Lipinski definition) is 6. The van der Waals surface area contributed by atoms with Crippen molar-refractivity contribution < 1.29 is 0 Å². The molecule has 0 saturated heterocycles. The molecule has 0 bridgehead atoms. The SMILES string of the molecule is N#Cc1c(-c2ccc(N(c3ccccc3)c3ccccc3)cc2)c(-c2ccc(N(c3ccccc3)c3ccccc3)cc2)c(C#N)c(-c2ccc(N(c3ccccc3)c3ccccc3)cc2)c1-c1ccc(N(c2ccccc2)c2ccccc2)cc1. The molecule has 13 aromatic carbocycles. The Hall–Kier alpha value is -12.0. The highest BCUT2D eigenvalue weighted by molar-refractivity contribution is 6.05. The molecule has 0 heterocycles. The van der Waals surface area contributed by atoms with Crippen molar-refractivity contribution in [3.05, 3.63) is 351 Å². The highest BCUT2D eigenvalue weighted by Gasteiger charge is 2.29. The van der Waals surface area contributed by atoms with Gasteiger partial charge in [0.05, 0.1) is 11.1 Å². The van der Waals surface area contributed by atoms with Gasteiger partial charge in [-0.2, -0.15) is 10.5 Å². The monoisotopic (exact) mass is 1100 g/mol. The zero-order valence-electron chi connectivity index (χ0n) is 47.0. The average molecular weight is 1100 g/mol. The van der Waals surface area contributed by atoms with Gasteiger partial charge in [-0.05, 0) is 168 Å². The van der Waals surface area contributed by atoms with Gasteiger partial charge in [0, 0.05) is 90.5 Å². The van der Waals surface area contributed by atoms with E-state index in [1.807, 2.05) is 146 Å². The predicted molar refractivity (Wildman–Crippen MR) is 356 cm³/mol. The van der Waals surface area contributed by atoms with E-state index in [1.165, 1.54) is 0 Å². The van der Waals surface area contributed by atoms with Crippen molar-refractivity contribution in [1.82, 2.24) is 0 Å². The molecule has 0 fully saturated rings. The summed E-state index contributed by atoms with van der Waals surface area (Å²) in [6, 6.07) is 122. The molecular weight excluding hydrogens is 1040 g/mol. The van der Waals surface area contributed by atoms with E-state index in [-0.39, 0.29) is 0 Å². The molecule has 0 spiro atoms. The fraction of sp³-hybridized carbons (Fsp3) is 0. The molecule has 0 aliphatic heterocycles. The minimum atomic E-state index is 0.444. The van der Waals surface area contributed by atoms with Gasteiger partial charge < -0.3 is 19.6 Å². The number of nitriles is 2. The third-order valence-electron chi connectivity index (χ3n) is 15.5. The van der Waals surface area contributed by atoms with Crippen LogP contribution in [0.15, 0.2) is 340 Å². The van der Waals surface area contributed by atoms with Crippen molar-refractivity contribution in [2.24, 2.45) is 0 Å². The van der Waals surface area contributed by atoms with E-state index in [4.69, 9.17) is 0 Å². The summed E-state index contributed by atoms with van der Waals surface area (Å²) in [7, 11) is 0. The van der Waals surface area contributed by atoms with Crippen LogP contribution in [-0.4, -0.2) is 0 Å². The molecule has 6 nitrogen and oxygen atoms in total. The van der Waals surface area contributed by atoms with Crippen molar-refractivity contribution in [3.8, 4) is 56.6 Å². The maximum Gasteiger partial charge on any atom is 0.100 e. The molecule has 0 aromatic heterocycles. The molecule has 0 radical (unpaired) electrons. The second-order valence-corrected chi connectivity index (χ2v) is 20.7. The van der Waals surface area contributed by atoms with Gasteiger partial charge >= 0.3 is 0 Å². The first-order chi connectivity index (χ1) is 42.6. The third kappa shape index (κ3) is 10.7. The molecule has 0 atom stereocenters. The Morgan fingerprint density at radius 3 is 0.419 bits per heavy atom. The molecule has 86 heavy (non-hydrogen) atoms. The average Bonchev–Trinajstić information content (AvgIpc) is 0.992. The Labute approximate surface area is 503 Å². The molecule has 0 aliphatic rings. The smallest absolute Gasteiger partial charge is 0.100 e. The van der Waals surface area contributed by atoms with Gasteiger partial charge in [-0.15, -0.1) is 0 Å². The number of para-hydroxylation sites is 8. The normalized spacial score (nSPS) is 10.8. The van der Waals surface area contributed by atoms with Gasteiger partial charge in [0.1, 0.15) is 12.1 Å². The Bertz CT molecular complexity index is 3730. The Morgan fingerprint density at radius 2 is 0.291 bits per heavy atom. The van der Waals surface area contributed by atoms with Crippen molar-refractivity contribution in [3.63, 3.8) is 0 Å². The lowest BCUT2D eigenvalue weighted by molar-refractivity contribution is 1.28. The fourth-order valence-electron chi connectivity index (χ4n) is 11.6. The lowest BCUT2D eigenvalue weighted by Gasteiger charge is -2.28. The molecule has 13 rings (SSSR count). The molecule has 0 amide bonds. The van der Waals surface area contributed by atoms with Gasteiger partial charge in [0.15, 0.2) is 0 Å². The first-order valence-corrected chi connectivity index (χ1v) is 28.7. The van der Waals surface area contributed by atoms with Crippen LogP contribution in [0.1, 0.15) is 11.1 Å². The Morgan fingerprint density at radius 1 is 0.163 bits per heavy atom. The Kier molecular flexibility index (Phi) is 15.3. The predicted octanol–water partition coefficient (Wildman–Crippen LogP) is 22.0. The first kappa shape index (κ1) is 53.4. The summed E-state index contributed by atoms with van der Waals surface area (Å²) >= 11 is 0. The van der Waals surface area contributed by atoms with Gasteiger partial charge in [-0.1, -0.05) is 194 Å². The van der Waals surface area contributed by atoms with Crippen LogP contribution in [0.25, 0.3) is 44.5 Å². The molecule has 0 aliphatic carbocycles. The van der Waals surface area contributed by atoms with Crippen LogP contribution >= 0.6 is 0 Å². The van der Waals surface area contributed by atoms with Crippen LogP contribution in [0.2, 0.25) is 0 Å². The maximum atomic E-state index is 12.2. The molecule has 406 valence electrons. The zero-order chi connectivity index (χ0) is 58.0. The molecule has 13 aromatic rings. The maximum absolute atomic E-state index is 12.2. The van der Waals surface area contributed by atoms with Gasteiger partial charge in [0.2, 0.25) is 0 Å². The van der Waals surface area contributed by atoms with Crippen LogP contribution in [0.3, 0.4) is 0 Å². The summed E-state index contributed by atoms with van der Waals surface area (Å²) < 4.78 is 0. The van der Waals surface area contributed by atoms with E-state index in [1.54, 1.807) is 0 Å². The zero-order valence-corrected chi connectivity index (χ0v) is 47.0. The van der Waals surface area contributed by atoms with E-state index in [2.05, 4.69) is 226 Å². The number of benzene rings is 13. The van der Waals surface area contributed by atoms with Gasteiger partial charge in [-0.3, -0.25) is 0 Å². The third-order valence-corrected chi connectivity index (χ3v) is 15.5.